The average Bonchev–Trinajstić information content (AvgIpc) is 2.90. The van der Waals surface area contributed by atoms with Crippen LogP contribution in [-0.4, -0.2) is 35.7 Å². The molecule has 0 aliphatic heterocycles. The Hall–Kier alpha value is -2.37. The van der Waals surface area contributed by atoms with Crippen molar-refractivity contribution in [3.63, 3.8) is 0 Å². The van der Waals surface area contributed by atoms with E-state index in [9.17, 15) is 9.59 Å². The van der Waals surface area contributed by atoms with Gasteiger partial charge in [-0.2, -0.15) is 5.10 Å². The van der Waals surface area contributed by atoms with Crippen molar-refractivity contribution < 1.29 is 14.3 Å². The molecular weight excluding hydrogens is 246 g/mol. The third-order valence-electron chi connectivity index (χ3n) is 2.78. The molecule has 0 fully saturated rings. The number of esters is 1. The third-order valence-corrected chi connectivity index (χ3v) is 2.78. The molecule has 100 valence electrons. The molecule has 0 aliphatic rings. The summed E-state index contributed by atoms with van der Waals surface area (Å²) in [6, 6.07) is 5.33. The molecule has 1 heterocycles. The summed E-state index contributed by atoms with van der Waals surface area (Å²) in [5.41, 5.74) is 1.39. The lowest BCUT2D eigenvalue weighted by Crippen LogP contribution is -2.24. The van der Waals surface area contributed by atoms with Crippen LogP contribution in [0, 0.1) is 0 Å². The number of fused-ring (bicyclic) bond motifs is 1. The van der Waals surface area contributed by atoms with Gasteiger partial charge in [-0.3, -0.25) is 14.7 Å². The van der Waals surface area contributed by atoms with Crippen LogP contribution in [0.4, 0.5) is 0 Å². The van der Waals surface area contributed by atoms with Crippen LogP contribution < -0.4 is 5.32 Å². The van der Waals surface area contributed by atoms with E-state index in [2.05, 4.69) is 20.3 Å². The summed E-state index contributed by atoms with van der Waals surface area (Å²) in [6.45, 7) is 0.439. The van der Waals surface area contributed by atoms with E-state index < -0.39 is 0 Å². The zero-order valence-corrected chi connectivity index (χ0v) is 10.6. The second-order valence-electron chi connectivity index (χ2n) is 4.11. The summed E-state index contributed by atoms with van der Waals surface area (Å²) in [7, 11) is 1.35. The van der Waals surface area contributed by atoms with Crippen LogP contribution in [0.5, 0.6) is 0 Å². The van der Waals surface area contributed by atoms with Gasteiger partial charge in [-0.1, -0.05) is 6.07 Å². The van der Waals surface area contributed by atoms with Crippen LogP contribution in [0.3, 0.4) is 0 Å². The van der Waals surface area contributed by atoms with Crippen LogP contribution in [0.25, 0.3) is 10.9 Å². The van der Waals surface area contributed by atoms with Crippen molar-refractivity contribution in [2.75, 3.05) is 13.7 Å². The van der Waals surface area contributed by atoms with Gasteiger partial charge in [0.2, 0.25) is 0 Å². The van der Waals surface area contributed by atoms with E-state index >= 15 is 0 Å². The molecule has 19 heavy (non-hydrogen) atoms. The number of methoxy groups -OCH3 is 1. The number of nitrogens with one attached hydrogen (secondary N) is 2. The van der Waals surface area contributed by atoms with Crippen molar-refractivity contribution in [2.24, 2.45) is 0 Å². The fourth-order valence-corrected chi connectivity index (χ4v) is 1.72. The molecule has 2 N–H and O–H groups in total. The van der Waals surface area contributed by atoms with Gasteiger partial charge in [0.25, 0.3) is 5.91 Å². The van der Waals surface area contributed by atoms with Crippen LogP contribution >= 0.6 is 0 Å². The van der Waals surface area contributed by atoms with Gasteiger partial charge < -0.3 is 10.1 Å². The summed E-state index contributed by atoms with van der Waals surface area (Å²) in [5, 5.41) is 10.4. The third kappa shape index (κ3) is 3.31. The Bertz CT molecular complexity index is 592. The van der Waals surface area contributed by atoms with Crippen molar-refractivity contribution in [2.45, 2.75) is 12.8 Å². The number of hydrogen-bond donors (Lipinski definition) is 2. The quantitative estimate of drug-likeness (QED) is 0.626. The minimum atomic E-state index is -0.270. The predicted molar refractivity (Wildman–Crippen MR) is 69.7 cm³/mol. The number of ether oxygens (including phenoxy) is 1. The summed E-state index contributed by atoms with van der Waals surface area (Å²) >= 11 is 0. The molecular formula is C13H15N3O3. The van der Waals surface area contributed by atoms with Gasteiger partial charge in [0.15, 0.2) is 0 Å². The fraction of sp³-hybridized carbons (Fsp3) is 0.308. The lowest BCUT2D eigenvalue weighted by atomic mass is 10.1. The van der Waals surface area contributed by atoms with Gasteiger partial charge in [0, 0.05) is 23.9 Å². The smallest absolute Gasteiger partial charge is 0.305 e. The lowest BCUT2D eigenvalue weighted by molar-refractivity contribution is -0.140. The standard InChI is InChI=1S/C13H15N3O3/c1-19-12(17)3-2-6-14-13(18)9-4-5-10-8-15-16-11(10)7-9/h4-5,7-8H,2-3,6H2,1H3,(H,14,18)(H,15,16). The molecule has 2 rings (SSSR count). The van der Waals surface area contributed by atoms with Crippen LogP contribution in [0.2, 0.25) is 0 Å². The number of H-pyrrole nitrogens is 1. The fourth-order valence-electron chi connectivity index (χ4n) is 1.72. The number of hydrogen-bond acceptors (Lipinski definition) is 4. The molecule has 6 nitrogen and oxygen atoms in total. The molecule has 0 saturated heterocycles. The summed E-state index contributed by atoms with van der Waals surface area (Å²) in [5.74, 6) is -0.436. The zero-order valence-electron chi connectivity index (χ0n) is 10.6. The number of aromatic amines is 1. The van der Waals surface area contributed by atoms with E-state index in [1.54, 1.807) is 18.3 Å². The maximum atomic E-state index is 11.9. The highest BCUT2D eigenvalue weighted by Crippen LogP contribution is 2.12. The maximum Gasteiger partial charge on any atom is 0.305 e. The number of benzene rings is 1. The molecule has 0 radical (unpaired) electrons. The van der Waals surface area contributed by atoms with Crippen molar-refractivity contribution in [3.05, 3.63) is 30.0 Å². The monoisotopic (exact) mass is 261 g/mol. The Morgan fingerprint density at radius 2 is 2.26 bits per heavy atom. The zero-order chi connectivity index (χ0) is 13.7. The molecule has 0 aliphatic carbocycles. The first kappa shape index (κ1) is 13.1. The molecule has 0 atom stereocenters. The molecule has 1 aromatic heterocycles. The molecule has 0 unspecified atom stereocenters. The first-order valence-corrected chi connectivity index (χ1v) is 5.99. The van der Waals surface area contributed by atoms with Gasteiger partial charge in [0.05, 0.1) is 18.8 Å². The largest absolute Gasteiger partial charge is 0.469 e. The second-order valence-corrected chi connectivity index (χ2v) is 4.11. The first-order valence-electron chi connectivity index (χ1n) is 5.99. The predicted octanol–water partition coefficient (Wildman–Crippen LogP) is 1.25. The minimum absolute atomic E-state index is 0.165. The molecule has 0 saturated carbocycles. The van der Waals surface area contributed by atoms with E-state index in [-0.39, 0.29) is 11.9 Å². The van der Waals surface area contributed by atoms with E-state index in [4.69, 9.17) is 0 Å². The number of rotatable bonds is 5. The van der Waals surface area contributed by atoms with Gasteiger partial charge >= 0.3 is 5.97 Å². The number of carbonyl (C=O) groups excluding carboxylic acids is 2. The molecule has 2 aromatic rings. The van der Waals surface area contributed by atoms with Crippen molar-refractivity contribution in [3.8, 4) is 0 Å². The van der Waals surface area contributed by atoms with E-state index in [0.717, 1.165) is 10.9 Å². The highest BCUT2D eigenvalue weighted by Gasteiger charge is 2.07. The number of aromatic nitrogens is 2. The summed E-state index contributed by atoms with van der Waals surface area (Å²) < 4.78 is 4.52. The topological polar surface area (TPSA) is 84.1 Å². The number of nitrogens with zero attached hydrogens (tertiary/aromatic N) is 1. The van der Waals surface area contributed by atoms with E-state index in [1.165, 1.54) is 7.11 Å². The highest BCUT2D eigenvalue weighted by molar-refractivity contribution is 5.97. The molecule has 1 aromatic carbocycles. The molecule has 6 heteroatoms. The van der Waals surface area contributed by atoms with Crippen LogP contribution in [0.15, 0.2) is 24.4 Å². The summed E-state index contributed by atoms with van der Waals surface area (Å²) in [6.07, 6.45) is 2.56. The first-order chi connectivity index (χ1) is 9.20. The minimum Gasteiger partial charge on any atom is -0.469 e. The highest BCUT2D eigenvalue weighted by atomic mass is 16.5. The van der Waals surface area contributed by atoms with Gasteiger partial charge in [-0.05, 0) is 18.6 Å². The number of carbonyl (C=O) groups is 2. The normalized spacial score (nSPS) is 10.4. The molecule has 1 amide bonds. The van der Waals surface area contributed by atoms with Crippen molar-refractivity contribution >= 4 is 22.8 Å². The van der Waals surface area contributed by atoms with Crippen molar-refractivity contribution in [1.82, 2.24) is 15.5 Å². The Morgan fingerprint density at radius 3 is 3.05 bits per heavy atom. The van der Waals surface area contributed by atoms with Gasteiger partial charge in [-0.15, -0.1) is 0 Å². The second kappa shape index (κ2) is 5.99. The van der Waals surface area contributed by atoms with E-state index in [0.29, 0.717) is 24.9 Å². The van der Waals surface area contributed by atoms with Crippen molar-refractivity contribution in [1.29, 1.82) is 0 Å². The Kier molecular flexibility index (Phi) is 4.12. The molecule has 0 bridgehead atoms. The SMILES string of the molecule is COC(=O)CCCNC(=O)c1ccc2cn[nH]c2c1. The maximum absolute atomic E-state index is 11.9. The van der Waals surface area contributed by atoms with Gasteiger partial charge in [-0.25, -0.2) is 0 Å². The Labute approximate surface area is 110 Å². The Balaban J connectivity index is 1.87. The van der Waals surface area contributed by atoms with Gasteiger partial charge in [0.1, 0.15) is 0 Å². The van der Waals surface area contributed by atoms with Crippen LogP contribution in [-0.2, 0) is 9.53 Å². The lowest BCUT2D eigenvalue weighted by Gasteiger charge is -2.04. The van der Waals surface area contributed by atoms with E-state index in [1.807, 2.05) is 6.07 Å². The number of amides is 1. The Morgan fingerprint density at radius 1 is 1.42 bits per heavy atom. The van der Waals surface area contributed by atoms with Crippen LogP contribution in [0.1, 0.15) is 23.2 Å². The summed E-state index contributed by atoms with van der Waals surface area (Å²) in [4.78, 5) is 22.8. The molecule has 0 spiro atoms. The average molecular weight is 261 g/mol.